The molecular formula is C13H13N3O2S. The summed E-state index contributed by atoms with van der Waals surface area (Å²) < 4.78 is 0. The Labute approximate surface area is 114 Å². The zero-order valence-electron chi connectivity index (χ0n) is 10.3. The molecule has 0 atom stereocenters. The lowest BCUT2D eigenvalue weighted by Crippen LogP contribution is -2.14. The van der Waals surface area contributed by atoms with Crippen molar-refractivity contribution in [2.24, 2.45) is 0 Å². The molecule has 3 N–H and O–H groups in total. The van der Waals surface area contributed by atoms with E-state index in [2.05, 4.69) is 10.3 Å². The molecule has 0 fully saturated rings. The number of Topliss-reactive ketones (excluding diaryl/α,β-unsaturated/α-hetero) is 1. The van der Waals surface area contributed by atoms with E-state index in [4.69, 9.17) is 5.73 Å². The summed E-state index contributed by atoms with van der Waals surface area (Å²) >= 11 is 1.31. The zero-order valence-corrected chi connectivity index (χ0v) is 11.2. The highest BCUT2D eigenvalue weighted by Crippen LogP contribution is 2.13. The van der Waals surface area contributed by atoms with Crippen LogP contribution in [0.15, 0.2) is 29.6 Å². The van der Waals surface area contributed by atoms with Crippen LogP contribution in [0.5, 0.6) is 0 Å². The fourth-order valence-corrected chi connectivity index (χ4v) is 2.12. The van der Waals surface area contributed by atoms with E-state index in [9.17, 15) is 9.59 Å². The first-order chi connectivity index (χ1) is 9.04. The van der Waals surface area contributed by atoms with Gasteiger partial charge in [-0.05, 0) is 31.2 Å². The highest BCUT2D eigenvalue weighted by molar-refractivity contribution is 7.13. The Morgan fingerprint density at radius 1 is 1.32 bits per heavy atom. The van der Waals surface area contributed by atoms with Crippen molar-refractivity contribution >= 4 is 33.8 Å². The predicted molar refractivity (Wildman–Crippen MR) is 75.3 cm³/mol. The average molecular weight is 275 g/mol. The van der Waals surface area contributed by atoms with Gasteiger partial charge in [0, 0.05) is 16.6 Å². The minimum Gasteiger partial charge on any atom is -0.375 e. The number of rotatable bonds is 4. The predicted octanol–water partition coefficient (Wildman–Crippen LogP) is 2.11. The van der Waals surface area contributed by atoms with E-state index < -0.39 is 0 Å². The van der Waals surface area contributed by atoms with Crippen LogP contribution >= 0.6 is 11.3 Å². The number of aromatic nitrogens is 1. The highest BCUT2D eigenvalue weighted by atomic mass is 32.1. The van der Waals surface area contributed by atoms with Gasteiger partial charge in [0.25, 0.3) is 0 Å². The summed E-state index contributed by atoms with van der Waals surface area (Å²) in [5.41, 5.74) is 7.42. The maximum atomic E-state index is 11.8. The number of nitrogens with zero attached hydrogens (tertiary/aromatic N) is 1. The second-order valence-corrected chi connectivity index (χ2v) is 4.93. The summed E-state index contributed by atoms with van der Waals surface area (Å²) in [5.74, 6) is -0.170. The molecule has 1 amide bonds. The molecule has 0 aliphatic carbocycles. The molecular weight excluding hydrogens is 262 g/mol. The third kappa shape index (κ3) is 3.62. The minimum absolute atomic E-state index is 0.00387. The number of thiazole rings is 1. The normalized spacial score (nSPS) is 10.2. The van der Waals surface area contributed by atoms with Gasteiger partial charge in [0.2, 0.25) is 5.91 Å². The number of amides is 1. The third-order valence-electron chi connectivity index (χ3n) is 2.49. The van der Waals surface area contributed by atoms with Crippen molar-refractivity contribution < 1.29 is 9.59 Å². The monoisotopic (exact) mass is 275 g/mol. The van der Waals surface area contributed by atoms with Crippen LogP contribution in [0.25, 0.3) is 0 Å². The van der Waals surface area contributed by atoms with Crippen molar-refractivity contribution in [2.75, 3.05) is 11.1 Å². The second kappa shape index (κ2) is 5.62. The van der Waals surface area contributed by atoms with Crippen LogP contribution in [-0.4, -0.2) is 16.7 Å². The van der Waals surface area contributed by atoms with Crippen molar-refractivity contribution in [3.8, 4) is 0 Å². The molecule has 2 rings (SSSR count). The molecule has 19 heavy (non-hydrogen) atoms. The smallest absolute Gasteiger partial charge is 0.230 e. The number of nitrogen functional groups attached to an aromatic ring is 1. The summed E-state index contributed by atoms with van der Waals surface area (Å²) in [7, 11) is 0. The summed E-state index contributed by atoms with van der Waals surface area (Å²) in [6, 6.07) is 6.76. The minimum atomic E-state index is -0.166. The Hall–Kier alpha value is -2.21. The number of anilines is 2. The first kappa shape index (κ1) is 13.2. The van der Waals surface area contributed by atoms with E-state index in [1.54, 1.807) is 29.6 Å². The Morgan fingerprint density at radius 3 is 2.53 bits per heavy atom. The third-order valence-corrected chi connectivity index (χ3v) is 3.21. The number of carbonyl (C=O) groups excluding carboxylic acids is 2. The van der Waals surface area contributed by atoms with Gasteiger partial charge in [-0.2, -0.15) is 0 Å². The van der Waals surface area contributed by atoms with E-state index in [-0.39, 0.29) is 18.1 Å². The van der Waals surface area contributed by atoms with Crippen LogP contribution in [0.4, 0.5) is 10.8 Å². The van der Waals surface area contributed by atoms with E-state index in [1.807, 2.05) is 0 Å². The van der Waals surface area contributed by atoms with Gasteiger partial charge in [-0.15, -0.1) is 11.3 Å². The largest absolute Gasteiger partial charge is 0.375 e. The molecule has 6 heteroatoms. The fourth-order valence-electron chi connectivity index (χ4n) is 1.56. The van der Waals surface area contributed by atoms with Gasteiger partial charge in [0.1, 0.15) is 0 Å². The Bertz CT molecular complexity index is 605. The van der Waals surface area contributed by atoms with Gasteiger partial charge in [-0.1, -0.05) is 0 Å². The standard InChI is InChI=1S/C13H13N3O2S/c1-8(17)9-2-4-10(5-3-9)15-12(18)6-11-7-19-13(14)16-11/h2-5,7H,6H2,1H3,(H2,14,16)(H,15,18). The van der Waals surface area contributed by atoms with Crippen molar-refractivity contribution in [1.29, 1.82) is 0 Å². The second-order valence-electron chi connectivity index (χ2n) is 4.04. The molecule has 1 aromatic carbocycles. The molecule has 2 aromatic rings. The number of hydrogen-bond acceptors (Lipinski definition) is 5. The molecule has 0 aliphatic heterocycles. The maximum Gasteiger partial charge on any atom is 0.230 e. The number of nitrogens with two attached hydrogens (primary N) is 1. The van der Waals surface area contributed by atoms with Gasteiger partial charge >= 0.3 is 0 Å². The van der Waals surface area contributed by atoms with Gasteiger partial charge in [0.15, 0.2) is 10.9 Å². The Kier molecular flexibility index (Phi) is 3.91. The van der Waals surface area contributed by atoms with Crippen LogP contribution in [0.1, 0.15) is 23.0 Å². The van der Waals surface area contributed by atoms with Crippen molar-refractivity contribution in [3.05, 3.63) is 40.9 Å². The van der Waals surface area contributed by atoms with Crippen molar-refractivity contribution in [2.45, 2.75) is 13.3 Å². The molecule has 0 bridgehead atoms. The Balaban J connectivity index is 1.97. The molecule has 0 unspecified atom stereocenters. The lowest BCUT2D eigenvalue weighted by molar-refractivity contribution is -0.115. The summed E-state index contributed by atoms with van der Waals surface area (Å²) in [5, 5.41) is 4.95. The molecule has 98 valence electrons. The quantitative estimate of drug-likeness (QED) is 0.837. The molecule has 1 heterocycles. The first-order valence-corrected chi connectivity index (χ1v) is 6.53. The van der Waals surface area contributed by atoms with Gasteiger partial charge in [-0.25, -0.2) is 4.98 Å². The zero-order chi connectivity index (χ0) is 13.8. The number of ketones is 1. The highest BCUT2D eigenvalue weighted by Gasteiger charge is 2.07. The molecule has 0 aliphatic rings. The summed E-state index contributed by atoms with van der Waals surface area (Å²) in [4.78, 5) is 26.9. The van der Waals surface area contributed by atoms with Crippen LogP contribution in [0, 0.1) is 0 Å². The van der Waals surface area contributed by atoms with Crippen LogP contribution in [0.3, 0.4) is 0 Å². The van der Waals surface area contributed by atoms with E-state index in [1.165, 1.54) is 18.3 Å². The number of nitrogens with one attached hydrogen (secondary N) is 1. The van der Waals surface area contributed by atoms with E-state index in [0.717, 1.165) is 0 Å². The SMILES string of the molecule is CC(=O)c1ccc(NC(=O)Cc2csc(N)n2)cc1. The average Bonchev–Trinajstić information content (AvgIpc) is 2.75. The molecule has 1 aromatic heterocycles. The van der Waals surface area contributed by atoms with Gasteiger partial charge in [-0.3, -0.25) is 9.59 Å². The molecule has 0 radical (unpaired) electrons. The van der Waals surface area contributed by atoms with Gasteiger partial charge in [0.05, 0.1) is 12.1 Å². The molecule has 0 saturated carbocycles. The van der Waals surface area contributed by atoms with Crippen molar-refractivity contribution in [3.63, 3.8) is 0 Å². The number of hydrogen-bond donors (Lipinski definition) is 2. The first-order valence-electron chi connectivity index (χ1n) is 5.65. The summed E-state index contributed by atoms with van der Waals surface area (Å²) in [6.45, 7) is 1.50. The molecule has 0 saturated heterocycles. The number of carbonyl (C=O) groups is 2. The van der Waals surface area contributed by atoms with Crippen LogP contribution in [0.2, 0.25) is 0 Å². The lowest BCUT2D eigenvalue weighted by atomic mass is 10.1. The van der Waals surface area contributed by atoms with E-state index in [0.29, 0.717) is 22.1 Å². The topological polar surface area (TPSA) is 85.1 Å². The van der Waals surface area contributed by atoms with Gasteiger partial charge < -0.3 is 11.1 Å². The fraction of sp³-hybridized carbons (Fsp3) is 0.154. The summed E-state index contributed by atoms with van der Waals surface area (Å²) in [6.07, 6.45) is 0.183. The number of benzene rings is 1. The Morgan fingerprint density at radius 2 is 2.00 bits per heavy atom. The lowest BCUT2D eigenvalue weighted by Gasteiger charge is -2.04. The molecule has 5 nitrogen and oxygen atoms in total. The van der Waals surface area contributed by atoms with E-state index >= 15 is 0 Å². The van der Waals surface area contributed by atoms with Crippen LogP contribution < -0.4 is 11.1 Å². The van der Waals surface area contributed by atoms with Crippen LogP contribution in [-0.2, 0) is 11.2 Å². The maximum absolute atomic E-state index is 11.8. The molecule has 0 spiro atoms. The van der Waals surface area contributed by atoms with Crippen molar-refractivity contribution in [1.82, 2.24) is 4.98 Å².